The third-order valence-corrected chi connectivity index (χ3v) is 4.63. The quantitative estimate of drug-likeness (QED) is 0.898. The van der Waals surface area contributed by atoms with Crippen LogP contribution in [-0.4, -0.2) is 45.0 Å². The van der Waals surface area contributed by atoms with E-state index in [0.717, 1.165) is 43.5 Å². The van der Waals surface area contributed by atoms with Crippen molar-refractivity contribution in [3.05, 3.63) is 35.8 Å². The van der Waals surface area contributed by atoms with Crippen LogP contribution in [0.15, 0.2) is 29.5 Å². The first-order valence-electron chi connectivity index (χ1n) is 8.31. The summed E-state index contributed by atoms with van der Waals surface area (Å²) in [5.41, 5.74) is 1.57. The molecular weight excluding hydrogens is 290 g/mol. The predicted octanol–water partition coefficient (Wildman–Crippen LogP) is 2.30. The lowest BCUT2D eigenvalue weighted by Gasteiger charge is -2.35. The zero-order valence-corrected chi connectivity index (χ0v) is 13.8. The van der Waals surface area contributed by atoms with E-state index in [1.807, 2.05) is 18.3 Å². The van der Waals surface area contributed by atoms with Gasteiger partial charge in [-0.3, -0.25) is 9.98 Å². The molecule has 2 N–H and O–H groups in total. The Hall–Kier alpha value is -1.72. The number of pyridine rings is 1. The molecule has 0 unspecified atom stereocenters. The highest BCUT2D eigenvalue weighted by molar-refractivity contribution is 5.76. The topological polar surface area (TPSA) is 69.0 Å². The van der Waals surface area contributed by atoms with Crippen molar-refractivity contribution in [2.75, 3.05) is 6.54 Å². The second kappa shape index (κ2) is 6.42. The van der Waals surface area contributed by atoms with Crippen molar-refractivity contribution in [2.45, 2.75) is 57.3 Å². The third-order valence-electron chi connectivity index (χ3n) is 4.63. The van der Waals surface area contributed by atoms with Crippen LogP contribution in [0.4, 0.5) is 0 Å². The number of aromatic nitrogens is 1. The normalized spacial score (nSPS) is 25.4. The first-order valence-corrected chi connectivity index (χ1v) is 8.31. The fourth-order valence-corrected chi connectivity index (χ4v) is 3.18. The summed E-state index contributed by atoms with van der Waals surface area (Å²) in [6.07, 6.45) is 9.47. The van der Waals surface area contributed by atoms with Gasteiger partial charge >= 0.3 is 0 Å². The minimum Gasteiger partial charge on any atom is -0.393 e. The summed E-state index contributed by atoms with van der Waals surface area (Å²) in [5, 5.41) is 19.6. The molecule has 0 bridgehead atoms. The summed E-state index contributed by atoms with van der Waals surface area (Å²) >= 11 is 0. The van der Waals surface area contributed by atoms with Crippen LogP contribution in [0, 0.1) is 0 Å². The van der Waals surface area contributed by atoms with Crippen LogP contribution in [0.5, 0.6) is 0 Å². The summed E-state index contributed by atoms with van der Waals surface area (Å²) < 4.78 is 0. The second-order valence-electron chi connectivity index (χ2n) is 6.98. The van der Waals surface area contributed by atoms with Crippen molar-refractivity contribution in [3.8, 4) is 0 Å². The van der Waals surface area contributed by atoms with Crippen LogP contribution in [0.2, 0.25) is 0 Å². The molecular formula is C18H25N3O2. The van der Waals surface area contributed by atoms with E-state index in [1.165, 1.54) is 0 Å². The van der Waals surface area contributed by atoms with Crippen LogP contribution >= 0.6 is 0 Å². The molecule has 1 aromatic heterocycles. The molecule has 0 amide bonds. The number of hydrogen-bond acceptors (Lipinski definition) is 5. The molecule has 0 saturated heterocycles. The highest BCUT2D eigenvalue weighted by Crippen LogP contribution is 2.27. The van der Waals surface area contributed by atoms with Crippen LogP contribution in [0.25, 0.3) is 5.70 Å². The van der Waals surface area contributed by atoms with Crippen molar-refractivity contribution in [1.29, 1.82) is 0 Å². The molecule has 0 radical (unpaired) electrons. The fourth-order valence-electron chi connectivity index (χ4n) is 3.18. The maximum Gasteiger partial charge on any atom is 0.101 e. The highest BCUT2D eigenvalue weighted by atomic mass is 16.3. The Morgan fingerprint density at radius 1 is 1.17 bits per heavy atom. The van der Waals surface area contributed by atoms with Gasteiger partial charge in [0.1, 0.15) is 5.60 Å². The van der Waals surface area contributed by atoms with Crippen LogP contribution in [0.1, 0.15) is 50.8 Å². The monoisotopic (exact) mass is 315 g/mol. The van der Waals surface area contributed by atoms with E-state index in [-0.39, 0.29) is 6.10 Å². The molecule has 0 atom stereocenters. The minimum atomic E-state index is -0.933. The SMILES string of the molecule is CC(C)(O)c1ccc(C2=CN([C@H]3CC[C@H](O)CC3)CC=N2)cn1. The van der Waals surface area contributed by atoms with Gasteiger partial charge in [0, 0.05) is 30.2 Å². The molecule has 5 heteroatoms. The van der Waals surface area contributed by atoms with E-state index in [9.17, 15) is 10.2 Å². The highest BCUT2D eigenvalue weighted by Gasteiger charge is 2.24. The van der Waals surface area contributed by atoms with E-state index in [0.29, 0.717) is 11.7 Å². The molecule has 1 aliphatic carbocycles. The van der Waals surface area contributed by atoms with Crippen LogP contribution < -0.4 is 0 Å². The first-order chi connectivity index (χ1) is 10.9. The molecule has 1 fully saturated rings. The number of aliphatic hydroxyl groups excluding tert-OH is 1. The van der Waals surface area contributed by atoms with Gasteiger partial charge in [0.25, 0.3) is 0 Å². The Morgan fingerprint density at radius 3 is 2.52 bits per heavy atom. The van der Waals surface area contributed by atoms with Gasteiger partial charge in [-0.05, 0) is 51.7 Å². The standard InChI is InChI=1S/C18H25N3O2/c1-18(2,23)17-8-3-13(11-20-17)16-12-21(10-9-19-16)14-4-6-15(22)7-5-14/h3,8-9,11-12,14-15,22-23H,4-7,10H2,1-2H3/t14-,15-. The molecule has 124 valence electrons. The first kappa shape index (κ1) is 16.1. The Labute approximate surface area is 137 Å². The molecule has 0 spiro atoms. The number of aliphatic hydroxyl groups is 2. The number of nitrogens with zero attached hydrogens (tertiary/aromatic N) is 3. The van der Waals surface area contributed by atoms with Crippen LogP contribution in [0.3, 0.4) is 0 Å². The Kier molecular flexibility index (Phi) is 4.50. The van der Waals surface area contributed by atoms with Gasteiger partial charge < -0.3 is 15.1 Å². The van der Waals surface area contributed by atoms with Crippen LogP contribution in [-0.2, 0) is 5.60 Å². The van der Waals surface area contributed by atoms with Gasteiger partial charge in [-0.15, -0.1) is 0 Å². The third kappa shape index (κ3) is 3.79. The lowest BCUT2D eigenvalue weighted by Crippen LogP contribution is -2.37. The average molecular weight is 315 g/mol. The summed E-state index contributed by atoms with van der Waals surface area (Å²) in [5.74, 6) is 0. The Balaban J connectivity index is 1.75. The molecule has 2 heterocycles. The molecule has 1 aromatic rings. The van der Waals surface area contributed by atoms with Crippen molar-refractivity contribution in [2.24, 2.45) is 4.99 Å². The number of aliphatic imine (C=N–C) groups is 1. The largest absolute Gasteiger partial charge is 0.393 e. The summed E-state index contributed by atoms with van der Waals surface area (Å²) in [7, 11) is 0. The summed E-state index contributed by atoms with van der Waals surface area (Å²) in [6, 6.07) is 4.28. The zero-order chi connectivity index (χ0) is 16.4. The maximum absolute atomic E-state index is 9.99. The van der Waals surface area contributed by atoms with E-state index in [1.54, 1.807) is 20.0 Å². The average Bonchev–Trinajstić information content (AvgIpc) is 2.55. The Morgan fingerprint density at radius 2 is 1.91 bits per heavy atom. The van der Waals surface area contributed by atoms with E-state index in [4.69, 9.17) is 0 Å². The van der Waals surface area contributed by atoms with E-state index < -0.39 is 5.60 Å². The fraction of sp³-hybridized carbons (Fsp3) is 0.556. The second-order valence-corrected chi connectivity index (χ2v) is 6.98. The molecule has 5 nitrogen and oxygen atoms in total. The lowest BCUT2D eigenvalue weighted by molar-refractivity contribution is 0.0738. The number of rotatable bonds is 3. The lowest BCUT2D eigenvalue weighted by atomic mass is 9.92. The van der Waals surface area contributed by atoms with Gasteiger partial charge in [-0.2, -0.15) is 0 Å². The maximum atomic E-state index is 9.99. The van der Waals surface area contributed by atoms with Crippen molar-refractivity contribution >= 4 is 11.9 Å². The van der Waals surface area contributed by atoms with E-state index in [2.05, 4.69) is 21.1 Å². The van der Waals surface area contributed by atoms with Gasteiger partial charge in [-0.1, -0.05) is 0 Å². The zero-order valence-electron chi connectivity index (χ0n) is 13.8. The summed E-state index contributed by atoms with van der Waals surface area (Å²) in [4.78, 5) is 11.2. The Bertz CT molecular complexity index is 594. The van der Waals surface area contributed by atoms with Crippen molar-refractivity contribution in [3.63, 3.8) is 0 Å². The molecule has 1 saturated carbocycles. The summed E-state index contributed by atoms with van der Waals surface area (Å²) in [6.45, 7) is 4.28. The van der Waals surface area contributed by atoms with Gasteiger partial charge in [-0.25, -0.2) is 0 Å². The molecule has 0 aromatic carbocycles. The number of hydrogen-bond donors (Lipinski definition) is 2. The molecule has 1 aliphatic heterocycles. The van der Waals surface area contributed by atoms with E-state index >= 15 is 0 Å². The van der Waals surface area contributed by atoms with Gasteiger partial charge in [0.2, 0.25) is 0 Å². The molecule has 3 rings (SSSR count). The van der Waals surface area contributed by atoms with Gasteiger partial charge in [0.05, 0.1) is 24.0 Å². The predicted molar refractivity (Wildman–Crippen MR) is 90.9 cm³/mol. The minimum absolute atomic E-state index is 0.133. The van der Waals surface area contributed by atoms with Crippen molar-refractivity contribution < 1.29 is 10.2 Å². The molecule has 2 aliphatic rings. The molecule has 23 heavy (non-hydrogen) atoms. The van der Waals surface area contributed by atoms with Crippen molar-refractivity contribution in [1.82, 2.24) is 9.88 Å². The van der Waals surface area contributed by atoms with Gasteiger partial charge in [0.15, 0.2) is 0 Å². The smallest absolute Gasteiger partial charge is 0.101 e.